The smallest absolute Gasteiger partial charge is 0.454 e. The molecule has 0 spiro atoms. The van der Waals surface area contributed by atoms with Gasteiger partial charge in [-0.05, 0) is 31.3 Å². The van der Waals surface area contributed by atoms with Crippen molar-refractivity contribution in [2.45, 2.75) is 0 Å². The van der Waals surface area contributed by atoms with Crippen molar-refractivity contribution in [1.82, 2.24) is 9.80 Å². The number of fused-ring (bicyclic) bond motifs is 2. The second-order valence-corrected chi connectivity index (χ2v) is 7.33. The summed E-state index contributed by atoms with van der Waals surface area (Å²) < 4.78 is 15.0. The highest BCUT2D eigenvalue weighted by molar-refractivity contribution is 7.45. The topological polar surface area (TPSA) is 106 Å². The van der Waals surface area contributed by atoms with Gasteiger partial charge in [-0.3, -0.25) is 0 Å². The van der Waals surface area contributed by atoms with Crippen LogP contribution in [0.2, 0.25) is 0 Å². The molecule has 0 atom stereocenters. The van der Waals surface area contributed by atoms with Gasteiger partial charge in [0.15, 0.2) is 5.75 Å². The van der Waals surface area contributed by atoms with Crippen molar-refractivity contribution in [3.8, 4) is 11.5 Å². The Kier molecular flexibility index (Phi) is 5.94. The van der Waals surface area contributed by atoms with E-state index in [-0.39, 0.29) is 0 Å². The van der Waals surface area contributed by atoms with Crippen LogP contribution in [0.5, 0.6) is 11.5 Å². The van der Waals surface area contributed by atoms with Gasteiger partial charge in [0.05, 0.1) is 5.56 Å². The van der Waals surface area contributed by atoms with Crippen molar-refractivity contribution >= 4 is 19.3 Å². The summed E-state index contributed by atoms with van der Waals surface area (Å²) in [5, 5.41) is 0. The number of phosphoric acid groups is 1. The summed E-state index contributed by atoms with van der Waals surface area (Å²) in [7, 11) is -2.47. The van der Waals surface area contributed by atoms with Gasteiger partial charge in [0.1, 0.15) is 17.3 Å². The standard InChI is InChI=1S/C18H19N3O.H3O4P/c1-20-10-12-21(13-11-20)18-14-6-2-4-8-16(14)22-17-9-5-3-7-15(17)19-18;1-5(2,3)4/h2-9H,10-13H2,1H3;(H3,1,2,3,4). The largest absolute Gasteiger partial charge is 0.466 e. The second kappa shape index (κ2) is 8.21. The van der Waals surface area contributed by atoms with E-state index in [1.807, 2.05) is 42.5 Å². The molecule has 2 heterocycles. The Morgan fingerprint density at radius 1 is 0.926 bits per heavy atom. The number of rotatable bonds is 0. The van der Waals surface area contributed by atoms with Crippen LogP contribution in [-0.4, -0.2) is 63.5 Å². The van der Waals surface area contributed by atoms with Crippen molar-refractivity contribution in [2.75, 3.05) is 33.2 Å². The van der Waals surface area contributed by atoms with Crippen LogP contribution in [0.25, 0.3) is 0 Å². The van der Waals surface area contributed by atoms with Crippen LogP contribution in [0.4, 0.5) is 5.69 Å². The van der Waals surface area contributed by atoms with Crippen LogP contribution >= 0.6 is 7.82 Å². The normalized spacial score (nSPS) is 16.7. The SMILES string of the molecule is CN1CCN(C2=Nc3ccccc3Oc3ccccc32)CC1.O=P(O)(O)O. The van der Waals surface area contributed by atoms with Crippen LogP contribution in [0.3, 0.4) is 0 Å². The summed E-state index contributed by atoms with van der Waals surface area (Å²) in [5.74, 6) is 2.72. The predicted molar refractivity (Wildman–Crippen MR) is 102 cm³/mol. The molecule has 0 saturated carbocycles. The second-order valence-electron chi connectivity index (χ2n) is 6.30. The summed E-state index contributed by atoms with van der Waals surface area (Å²) in [5.41, 5.74) is 1.97. The Balaban J connectivity index is 0.000000376. The monoisotopic (exact) mass is 391 g/mol. The molecule has 9 heteroatoms. The highest BCUT2D eigenvalue weighted by atomic mass is 31.2. The van der Waals surface area contributed by atoms with Gasteiger partial charge in [-0.2, -0.15) is 0 Å². The molecule has 2 aromatic rings. The molecule has 2 aromatic carbocycles. The van der Waals surface area contributed by atoms with Gasteiger partial charge in [0, 0.05) is 26.2 Å². The van der Waals surface area contributed by atoms with Crippen LogP contribution in [0, 0.1) is 0 Å². The molecule has 0 amide bonds. The lowest BCUT2D eigenvalue weighted by Gasteiger charge is -2.34. The van der Waals surface area contributed by atoms with Gasteiger partial charge in [-0.25, -0.2) is 9.56 Å². The molecule has 8 nitrogen and oxygen atoms in total. The summed E-state index contributed by atoms with van der Waals surface area (Å²) in [4.78, 5) is 31.2. The number of amidine groups is 1. The van der Waals surface area contributed by atoms with Gasteiger partial charge in [-0.1, -0.05) is 24.3 Å². The molecule has 3 N–H and O–H groups in total. The van der Waals surface area contributed by atoms with E-state index in [0.29, 0.717) is 0 Å². The van der Waals surface area contributed by atoms with E-state index in [1.165, 1.54) is 0 Å². The lowest BCUT2D eigenvalue weighted by atomic mass is 10.1. The van der Waals surface area contributed by atoms with Crippen molar-refractivity contribution in [3.05, 3.63) is 54.1 Å². The Bertz CT molecular complexity index is 867. The molecule has 1 saturated heterocycles. The first-order valence-corrected chi connectivity index (χ1v) is 10.0. The maximum Gasteiger partial charge on any atom is 0.466 e. The number of benzene rings is 2. The molecule has 0 radical (unpaired) electrons. The average Bonchev–Trinajstić information content (AvgIpc) is 2.78. The number of hydrogen-bond donors (Lipinski definition) is 3. The van der Waals surface area contributed by atoms with Crippen molar-refractivity contribution in [3.63, 3.8) is 0 Å². The van der Waals surface area contributed by atoms with E-state index in [0.717, 1.165) is 54.8 Å². The van der Waals surface area contributed by atoms with Crippen molar-refractivity contribution in [2.24, 2.45) is 4.99 Å². The first kappa shape index (κ1) is 19.5. The summed E-state index contributed by atoms with van der Waals surface area (Å²) in [6, 6.07) is 16.1. The fourth-order valence-corrected chi connectivity index (χ4v) is 2.93. The third-order valence-electron chi connectivity index (χ3n) is 4.24. The molecule has 2 aliphatic rings. The highest BCUT2D eigenvalue weighted by Crippen LogP contribution is 2.37. The van der Waals surface area contributed by atoms with E-state index in [4.69, 9.17) is 29.0 Å². The van der Waals surface area contributed by atoms with E-state index in [2.05, 4.69) is 22.9 Å². The van der Waals surface area contributed by atoms with E-state index >= 15 is 0 Å². The molecule has 1 fully saturated rings. The van der Waals surface area contributed by atoms with Crippen LogP contribution in [0.15, 0.2) is 53.5 Å². The number of ether oxygens (including phenoxy) is 1. The quantitative estimate of drug-likeness (QED) is 0.591. The Labute approximate surface area is 157 Å². The molecule has 0 bridgehead atoms. The Morgan fingerprint density at radius 3 is 2.15 bits per heavy atom. The Hall–Kier alpha value is -2.22. The summed E-state index contributed by atoms with van der Waals surface area (Å²) in [6.45, 7) is 4.10. The van der Waals surface area contributed by atoms with Crippen molar-refractivity contribution in [1.29, 1.82) is 0 Å². The van der Waals surface area contributed by atoms with Gasteiger partial charge < -0.3 is 29.2 Å². The molecular weight excluding hydrogens is 369 g/mol. The number of likely N-dealkylation sites (N-methyl/N-ethyl adjacent to an activating group) is 1. The third kappa shape index (κ3) is 5.38. The van der Waals surface area contributed by atoms with Crippen LogP contribution in [-0.2, 0) is 4.57 Å². The van der Waals surface area contributed by atoms with Crippen LogP contribution in [0.1, 0.15) is 5.56 Å². The number of piperazine rings is 1. The molecule has 0 aromatic heterocycles. The third-order valence-corrected chi connectivity index (χ3v) is 4.24. The number of nitrogens with zero attached hydrogens (tertiary/aromatic N) is 3. The minimum atomic E-state index is -4.64. The molecule has 0 aliphatic carbocycles. The lowest BCUT2D eigenvalue weighted by molar-refractivity contribution is 0.215. The predicted octanol–water partition coefficient (Wildman–Crippen LogP) is 2.19. The maximum absolute atomic E-state index is 8.88. The number of hydrogen-bond acceptors (Lipinski definition) is 5. The Morgan fingerprint density at radius 2 is 1.48 bits per heavy atom. The molecule has 4 rings (SSSR count). The summed E-state index contributed by atoms with van der Waals surface area (Å²) in [6.07, 6.45) is 0. The fraction of sp³-hybridized carbons (Fsp3) is 0.278. The zero-order valence-corrected chi connectivity index (χ0v) is 15.8. The zero-order chi connectivity index (χ0) is 19.4. The maximum atomic E-state index is 8.88. The fourth-order valence-electron chi connectivity index (χ4n) is 2.93. The molecule has 0 unspecified atom stereocenters. The number of para-hydroxylation sites is 3. The van der Waals surface area contributed by atoms with E-state index in [1.54, 1.807) is 0 Å². The van der Waals surface area contributed by atoms with Gasteiger partial charge in [0.2, 0.25) is 0 Å². The van der Waals surface area contributed by atoms with Crippen LogP contribution < -0.4 is 4.74 Å². The molecule has 2 aliphatic heterocycles. The van der Waals surface area contributed by atoms with Gasteiger partial charge >= 0.3 is 7.82 Å². The molecular formula is C18H22N3O5P. The van der Waals surface area contributed by atoms with E-state index < -0.39 is 7.82 Å². The minimum Gasteiger partial charge on any atom is -0.454 e. The molecule has 27 heavy (non-hydrogen) atoms. The molecule has 144 valence electrons. The first-order valence-electron chi connectivity index (χ1n) is 8.48. The first-order chi connectivity index (χ1) is 12.8. The average molecular weight is 391 g/mol. The van der Waals surface area contributed by atoms with E-state index in [9.17, 15) is 0 Å². The lowest BCUT2D eigenvalue weighted by Crippen LogP contribution is -2.47. The van der Waals surface area contributed by atoms with Crippen molar-refractivity contribution < 1.29 is 24.0 Å². The minimum absolute atomic E-state index is 0.819. The number of aliphatic imine (C=N–C) groups is 1. The van der Waals surface area contributed by atoms with Gasteiger partial charge in [0.25, 0.3) is 0 Å². The highest BCUT2D eigenvalue weighted by Gasteiger charge is 2.24. The van der Waals surface area contributed by atoms with Gasteiger partial charge in [-0.15, -0.1) is 0 Å². The zero-order valence-electron chi connectivity index (χ0n) is 14.9. The summed E-state index contributed by atoms with van der Waals surface area (Å²) >= 11 is 0.